The number of rotatable bonds is 3. The Morgan fingerprint density at radius 1 is 1.35 bits per heavy atom. The Kier molecular flexibility index (Phi) is 3.51. The molecule has 0 saturated carbocycles. The predicted octanol–water partition coefficient (Wildman–Crippen LogP) is 1.82. The summed E-state index contributed by atoms with van der Waals surface area (Å²) in [4.78, 5) is 0. The predicted molar refractivity (Wildman–Crippen MR) is 67.3 cm³/mol. The van der Waals surface area contributed by atoms with Crippen LogP contribution in [0.15, 0.2) is 18.3 Å². The van der Waals surface area contributed by atoms with Crippen molar-refractivity contribution in [2.45, 2.75) is 19.0 Å². The van der Waals surface area contributed by atoms with Crippen molar-refractivity contribution in [2.24, 2.45) is 7.05 Å². The highest BCUT2D eigenvalue weighted by Gasteiger charge is 2.45. The fourth-order valence-corrected chi connectivity index (χ4v) is 2.39. The second-order valence-corrected chi connectivity index (χ2v) is 6.19. The number of aromatic nitrogens is 2. The smallest absolute Gasteiger partial charge is 0.275 e. The molecule has 0 atom stereocenters. The van der Waals surface area contributed by atoms with Gasteiger partial charge in [-0.3, -0.25) is 4.68 Å². The summed E-state index contributed by atoms with van der Waals surface area (Å²) >= 11 is 0. The van der Waals surface area contributed by atoms with Crippen molar-refractivity contribution in [3.05, 3.63) is 29.5 Å². The van der Waals surface area contributed by atoms with Crippen LogP contribution in [0.2, 0.25) is 0 Å². The number of sulfonamides is 1. The normalized spacial score (nSPS) is 13.1. The minimum Gasteiger partial charge on any atom is -0.275 e. The number of hydrogen-bond acceptors (Lipinski definition) is 3. The minimum absolute atomic E-state index is 0.397. The molecule has 1 N–H and O–H groups in total. The molecule has 0 aliphatic carbocycles. The summed E-state index contributed by atoms with van der Waals surface area (Å²) in [5, 5.41) is 4.86. The van der Waals surface area contributed by atoms with Gasteiger partial charge in [0.05, 0.1) is 5.52 Å². The van der Waals surface area contributed by atoms with Gasteiger partial charge in [-0.1, -0.05) is 11.6 Å². The van der Waals surface area contributed by atoms with Crippen LogP contribution in [0.25, 0.3) is 10.9 Å². The van der Waals surface area contributed by atoms with Gasteiger partial charge in [0.2, 0.25) is 0 Å². The van der Waals surface area contributed by atoms with E-state index in [0.717, 1.165) is 10.9 Å². The van der Waals surface area contributed by atoms with Crippen molar-refractivity contribution < 1.29 is 21.6 Å². The number of alkyl halides is 3. The average Bonchev–Trinajstić information content (AvgIpc) is 2.64. The molecular weight excluding hydrogens is 295 g/mol. The molecule has 0 fully saturated rings. The third-order valence-corrected chi connectivity index (χ3v) is 3.84. The first-order chi connectivity index (χ1) is 9.10. The number of fused-ring (bicyclic) bond motifs is 1. The fourth-order valence-electron chi connectivity index (χ4n) is 1.88. The first kappa shape index (κ1) is 14.8. The van der Waals surface area contributed by atoms with Crippen molar-refractivity contribution in [3.8, 4) is 0 Å². The lowest BCUT2D eigenvalue weighted by Crippen LogP contribution is -2.36. The first-order valence-electron chi connectivity index (χ1n) is 5.59. The number of benzene rings is 1. The quantitative estimate of drug-likeness (QED) is 0.941. The first-order valence-corrected chi connectivity index (χ1v) is 7.07. The van der Waals surface area contributed by atoms with Crippen LogP contribution < -0.4 is 4.72 Å². The second-order valence-electron chi connectivity index (χ2n) is 4.43. The van der Waals surface area contributed by atoms with Crippen LogP contribution in [-0.2, 0) is 23.6 Å². The molecule has 0 spiro atoms. The lowest BCUT2D eigenvalue weighted by molar-refractivity contribution is -0.0448. The van der Waals surface area contributed by atoms with Crippen molar-refractivity contribution >= 4 is 20.9 Å². The summed E-state index contributed by atoms with van der Waals surface area (Å²) in [5.74, 6) is 0. The molecule has 5 nitrogen and oxygen atoms in total. The van der Waals surface area contributed by atoms with Crippen molar-refractivity contribution in [1.82, 2.24) is 14.5 Å². The van der Waals surface area contributed by atoms with Crippen LogP contribution in [0, 0.1) is 6.92 Å². The van der Waals surface area contributed by atoms with E-state index in [4.69, 9.17) is 0 Å². The zero-order valence-corrected chi connectivity index (χ0v) is 11.5. The molecule has 2 aromatic rings. The third kappa shape index (κ3) is 2.78. The summed E-state index contributed by atoms with van der Waals surface area (Å²) < 4.78 is 61.8. The van der Waals surface area contributed by atoms with Gasteiger partial charge in [-0.05, 0) is 18.6 Å². The highest BCUT2D eigenvalue weighted by atomic mass is 32.2. The highest BCUT2D eigenvalue weighted by Crippen LogP contribution is 2.23. The molecule has 0 aliphatic rings. The Morgan fingerprint density at radius 3 is 2.60 bits per heavy atom. The summed E-state index contributed by atoms with van der Waals surface area (Å²) in [5.41, 5.74) is -3.64. The van der Waals surface area contributed by atoms with Gasteiger partial charge in [-0.15, -0.1) is 0 Å². The number of nitrogens with one attached hydrogen (secondary N) is 1. The van der Waals surface area contributed by atoms with Crippen molar-refractivity contribution in [3.63, 3.8) is 0 Å². The number of nitrogens with zero attached hydrogens (tertiary/aromatic N) is 2. The van der Waals surface area contributed by atoms with E-state index in [1.54, 1.807) is 31.0 Å². The molecule has 0 radical (unpaired) electrons. The molecule has 0 aliphatic heterocycles. The Bertz CT molecular complexity index is 750. The van der Waals surface area contributed by atoms with Gasteiger partial charge in [0, 0.05) is 25.2 Å². The monoisotopic (exact) mass is 307 g/mol. The highest BCUT2D eigenvalue weighted by molar-refractivity contribution is 7.90. The van der Waals surface area contributed by atoms with Crippen LogP contribution in [-0.4, -0.2) is 23.7 Å². The average molecular weight is 307 g/mol. The lowest BCUT2D eigenvalue weighted by Gasteiger charge is -2.10. The molecule has 0 amide bonds. The minimum atomic E-state index is -5.36. The van der Waals surface area contributed by atoms with E-state index < -0.39 is 22.1 Å². The van der Waals surface area contributed by atoms with Gasteiger partial charge in [-0.2, -0.15) is 18.3 Å². The summed E-state index contributed by atoms with van der Waals surface area (Å²) in [7, 11) is -3.68. The van der Waals surface area contributed by atoms with Crippen LogP contribution in [0.5, 0.6) is 0 Å². The molecule has 20 heavy (non-hydrogen) atoms. The van der Waals surface area contributed by atoms with Gasteiger partial charge >= 0.3 is 15.5 Å². The van der Waals surface area contributed by atoms with E-state index in [0.29, 0.717) is 11.1 Å². The molecule has 9 heteroatoms. The van der Waals surface area contributed by atoms with Gasteiger partial charge in [0.25, 0.3) is 0 Å². The third-order valence-electron chi connectivity index (χ3n) is 2.70. The number of halogens is 3. The molecular formula is C11H12F3N3O2S. The van der Waals surface area contributed by atoms with Crippen LogP contribution in [0.3, 0.4) is 0 Å². The van der Waals surface area contributed by atoms with Gasteiger partial charge in [0.1, 0.15) is 0 Å². The SMILES string of the molecule is Cc1cc(CNS(=O)(=O)C(F)(F)F)c2nn(C)cc2c1. The van der Waals surface area contributed by atoms with Gasteiger partial charge < -0.3 is 0 Å². The van der Waals surface area contributed by atoms with Crippen molar-refractivity contribution in [1.29, 1.82) is 0 Å². The largest absolute Gasteiger partial charge is 0.511 e. The maximum Gasteiger partial charge on any atom is 0.511 e. The zero-order chi connectivity index (χ0) is 15.1. The molecule has 0 saturated heterocycles. The van der Waals surface area contributed by atoms with Crippen molar-refractivity contribution in [2.75, 3.05) is 0 Å². The second kappa shape index (κ2) is 4.74. The number of hydrogen-bond donors (Lipinski definition) is 1. The maximum absolute atomic E-state index is 12.3. The van der Waals surface area contributed by atoms with Crippen LogP contribution >= 0.6 is 0 Å². The molecule has 0 unspecified atom stereocenters. The summed E-state index contributed by atoms with van der Waals surface area (Å²) in [6, 6.07) is 3.43. The molecule has 1 aromatic heterocycles. The van der Waals surface area contributed by atoms with E-state index >= 15 is 0 Å². The Morgan fingerprint density at radius 2 is 2.00 bits per heavy atom. The lowest BCUT2D eigenvalue weighted by atomic mass is 10.1. The number of aryl methyl sites for hydroxylation is 2. The Labute approximate surface area is 113 Å². The summed E-state index contributed by atoms with van der Waals surface area (Å²) in [6.45, 7) is 1.31. The summed E-state index contributed by atoms with van der Waals surface area (Å²) in [6.07, 6.45) is 1.71. The Hall–Kier alpha value is -1.61. The van der Waals surface area contributed by atoms with Gasteiger partial charge in [-0.25, -0.2) is 13.1 Å². The van der Waals surface area contributed by atoms with E-state index in [2.05, 4.69) is 5.10 Å². The molecule has 0 bridgehead atoms. The fraction of sp³-hybridized carbons (Fsp3) is 0.364. The van der Waals surface area contributed by atoms with E-state index in [1.165, 1.54) is 4.68 Å². The van der Waals surface area contributed by atoms with E-state index in [-0.39, 0.29) is 0 Å². The van der Waals surface area contributed by atoms with Crippen LogP contribution in [0.1, 0.15) is 11.1 Å². The molecule has 1 heterocycles. The zero-order valence-electron chi connectivity index (χ0n) is 10.7. The topological polar surface area (TPSA) is 64.0 Å². The maximum atomic E-state index is 12.3. The molecule has 2 rings (SSSR count). The standard InChI is InChI=1S/C11H12F3N3O2S/c1-7-3-8(5-15-20(18,19)11(12,13)14)10-9(4-7)6-17(2)16-10/h3-4,6,15H,5H2,1-2H3. The molecule has 1 aromatic carbocycles. The van der Waals surface area contributed by atoms with E-state index in [1.807, 2.05) is 6.07 Å². The van der Waals surface area contributed by atoms with Crippen LogP contribution in [0.4, 0.5) is 13.2 Å². The van der Waals surface area contributed by atoms with Gasteiger partial charge in [0.15, 0.2) is 0 Å². The molecule has 110 valence electrons. The van der Waals surface area contributed by atoms with E-state index in [9.17, 15) is 21.6 Å². The Balaban J connectivity index is 2.35.